The van der Waals surface area contributed by atoms with Gasteiger partial charge in [-0.25, -0.2) is 0 Å². The fourth-order valence-electron chi connectivity index (χ4n) is 1.30. The van der Waals surface area contributed by atoms with E-state index in [0.717, 1.165) is 16.7 Å². The Morgan fingerprint density at radius 1 is 1.50 bits per heavy atom. The molecule has 1 rings (SSSR count). The second kappa shape index (κ2) is 4.08. The Morgan fingerprint density at radius 2 is 2.14 bits per heavy atom. The van der Waals surface area contributed by atoms with Crippen molar-refractivity contribution < 1.29 is 5.11 Å². The summed E-state index contributed by atoms with van der Waals surface area (Å²) < 4.78 is 0. The molecular weight excluding hydrogens is 174 g/mol. The molecule has 0 fully saturated rings. The topological polar surface area (TPSA) is 44.0 Å². The van der Waals surface area contributed by atoms with Crippen LogP contribution in [-0.4, -0.2) is 5.11 Å². The molecule has 1 unspecified atom stereocenters. The Balaban J connectivity index is 3.13. The summed E-state index contributed by atoms with van der Waals surface area (Å²) in [6.45, 7) is 7.36. The third kappa shape index (κ3) is 2.01. The predicted molar refractivity (Wildman–Crippen MR) is 55.6 cm³/mol. The molecule has 0 radical (unpaired) electrons. The first kappa shape index (κ1) is 10.5. The SMILES string of the molecule is C=C(C#N)C(O)c1cc(C)ccc1C. The van der Waals surface area contributed by atoms with Crippen LogP contribution >= 0.6 is 0 Å². The van der Waals surface area contributed by atoms with Crippen LogP contribution in [0.5, 0.6) is 0 Å². The number of benzene rings is 1. The van der Waals surface area contributed by atoms with Crippen molar-refractivity contribution in [2.24, 2.45) is 0 Å². The Morgan fingerprint density at radius 3 is 2.71 bits per heavy atom. The Labute approximate surface area is 84.1 Å². The van der Waals surface area contributed by atoms with Gasteiger partial charge in [0.15, 0.2) is 0 Å². The third-order valence-corrected chi connectivity index (χ3v) is 2.20. The molecule has 0 aromatic heterocycles. The van der Waals surface area contributed by atoms with E-state index in [0.29, 0.717) is 0 Å². The first-order valence-corrected chi connectivity index (χ1v) is 4.40. The molecule has 0 aliphatic carbocycles. The average molecular weight is 187 g/mol. The molecule has 72 valence electrons. The summed E-state index contributed by atoms with van der Waals surface area (Å²) in [6.07, 6.45) is -0.875. The number of rotatable bonds is 2. The number of nitriles is 1. The van der Waals surface area contributed by atoms with Crippen LogP contribution in [0.4, 0.5) is 0 Å². The van der Waals surface area contributed by atoms with Gasteiger partial charge in [-0.3, -0.25) is 0 Å². The molecule has 0 saturated carbocycles. The lowest BCUT2D eigenvalue weighted by Gasteiger charge is -2.12. The molecule has 1 aromatic rings. The Hall–Kier alpha value is -1.59. The molecule has 2 heteroatoms. The van der Waals surface area contributed by atoms with Crippen molar-refractivity contribution >= 4 is 0 Å². The van der Waals surface area contributed by atoms with Crippen molar-refractivity contribution in [1.29, 1.82) is 5.26 Å². The van der Waals surface area contributed by atoms with E-state index in [1.807, 2.05) is 38.1 Å². The van der Waals surface area contributed by atoms with Crippen LogP contribution in [0.2, 0.25) is 0 Å². The number of aliphatic hydroxyl groups excluding tert-OH is 1. The van der Waals surface area contributed by atoms with Crippen LogP contribution < -0.4 is 0 Å². The van der Waals surface area contributed by atoms with Gasteiger partial charge < -0.3 is 5.11 Å². The number of hydrogen-bond donors (Lipinski definition) is 1. The van der Waals surface area contributed by atoms with Crippen molar-refractivity contribution in [3.05, 3.63) is 47.0 Å². The van der Waals surface area contributed by atoms with Gasteiger partial charge in [0, 0.05) is 0 Å². The molecule has 0 heterocycles. The van der Waals surface area contributed by atoms with E-state index >= 15 is 0 Å². The number of hydrogen-bond acceptors (Lipinski definition) is 2. The molecule has 0 bridgehead atoms. The largest absolute Gasteiger partial charge is 0.383 e. The maximum Gasteiger partial charge on any atom is 0.114 e. The van der Waals surface area contributed by atoms with Crippen LogP contribution in [-0.2, 0) is 0 Å². The first-order chi connectivity index (χ1) is 6.56. The molecule has 1 N–H and O–H groups in total. The molecular formula is C12H13NO. The minimum Gasteiger partial charge on any atom is -0.383 e. The normalized spacial score (nSPS) is 11.9. The van der Waals surface area contributed by atoms with Gasteiger partial charge in [-0.2, -0.15) is 5.26 Å². The zero-order chi connectivity index (χ0) is 10.7. The number of aryl methyl sites for hydroxylation is 2. The van der Waals surface area contributed by atoms with E-state index in [1.54, 1.807) is 0 Å². The number of aliphatic hydroxyl groups is 1. The van der Waals surface area contributed by atoms with E-state index in [2.05, 4.69) is 6.58 Å². The predicted octanol–water partition coefficient (Wildman–Crippen LogP) is 2.42. The molecule has 14 heavy (non-hydrogen) atoms. The van der Waals surface area contributed by atoms with Crippen molar-refractivity contribution in [3.63, 3.8) is 0 Å². The van der Waals surface area contributed by atoms with Crippen molar-refractivity contribution in [2.45, 2.75) is 20.0 Å². The number of nitrogens with zero attached hydrogens (tertiary/aromatic N) is 1. The highest BCUT2D eigenvalue weighted by molar-refractivity contribution is 5.38. The van der Waals surface area contributed by atoms with Gasteiger partial charge in [0.25, 0.3) is 0 Å². The smallest absolute Gasteiger partial charge is 0.114 e. The Kier molecular flexibility index (Phi) is 3.06. The lowest BCUT2D eigenvalue weighted by molar-refractivity contribution is 0.220. The zero-order valence-corrected chi connectivity index (χ0v) is 8.41. The van der Waals surface area contributed by atoms with Crippen molar-refractivity contribution in [2.75, 3.05) is 0 Å². The summed E-state index contributed by atoms with van der Waals surface area (Å²) in [5.74, 6) is 0. The average Bonchev–Trinajstić information content (AvgIpc) is 2.19. The summed E-state index contributed by atoms with van der Waals surface area (Å²) in [6, 6.07) is 7.64. The quantitative estimate of drug-likeness (QED) is 0.722. The minimum atomic E-state index is -0.875. The van der Waals surface area contributed by atoms with Gasteiger partial charge in [0.1, 0.15) is 6.10 Å². The zero-order valence-electron chi connectivity index (χ0n) is 8.41. The lowest BCUT2D eigenvalue weighted by Crippen LogP contribution is -2.01. The molecule has 0 spiro atoms. The van der Waals surface area contributed by atoms with E-state index in [1.165, 1.54) is 0 Å². The molecule has 1 atom stereocenters. The molecule has 0 saturated heterocycles. The van der Waals surface area contributed by atoms with Crippen LogP contribution in [0.3, 0.4) is 0 Å². The standard InChI is InChI=1S/C12H13NO/c1-8-4-5-9(2)11(6-8)12(14)10(3)7-13/h4-6,12,14H,3H2,1-2H3. The van der Waals surface area contributed by atoms with Gasteiger partial charge >= 0.3 is 0 Å². The molecule has 1 aromatic carbocycles. The summed E-state index contributed by atoms with van der Waals surface area (Å²) in [7, 11) is 0. The monoisotopic (exact) mass is 187 g/mol. The van der Waals surface area contributed by atoms with E-state index in [-0.39, 0.29) is 5.57 Å². The molecule has 0 aliphatic heterocycles. The highest BCUT2D eigenvalue weighted by Crippen LogP contribution is 2.23. The van der Waals surface area contributed by atoms with Crippen molar-refractivity contribution in [3.8, 4) is 6.07 Å². The highest BCUT2D eigenvalue weighted by Gasteiger charge is 2.13. The second-order valence-corrected chi connectivity index (χ2v) is 3.40. The first-order valence-electron chi connectivity index (χ1n) is 4.40. The second-order valence-electron chi connectivity index (χ2n) is 3.40. The highest BCUT2D eigenvalue weighted by atomic mass is 16.3. The van der Waals surface area contributed by atoms with Crippen LogP contribution in [0.1, 0.15) is 22.8 Å². The van der Waals surface area contributed by atoms with Crippen molar-refractivity contribution in [1.82, 2.24) is 0 Å². The van der Waals surface area contributed by atoms with E-state index in [4.69, 9.17) is 5.26 Å². The maximum absolute atomic E-state index is 9.77. The Bertz CT molecular complexity index is 401. The van der Waals surface area contributed by atoms with Gasteiger partial charge in [-0.05, 0) is 25.0 Å². The van der Waals surface area contributed by atoms with E-state index < -0.39 is 6.10 Å². The third-order valence-electron chi connectivity index (χ3n) is 2.20. The summed E-state index contributed by atoms with van der Waals surface area (Å²) in [5.41, 5.74) is 2.98. The lowest BCUT2D eigenvalue weighted by atomic mass is 9.97. The van der Waals surface area contributed by atoms with Crippen LogP contribution in [0.15, 0.2) is 30.4 Å². The van der Waals surface area contributed by atoms with Gasteiger partial charge in [0.2, 0.25) is 0 Å². The van der Waals surface area contributed by atoms with Gasteiger partial charge in [0.05, 0.1) is 11.6 Å². The molecule has 0 amide bonds. The minimum absolute atomic E-state index is 0.179. The fraction of sp³-hybridized carbons (Fsp3) is 0.250. The summed E-state index contributed by atoms with van der Waals surface area (Å²) in [4.78, 5) is 0. The molecule has 2 nitrogen and oxygen atoms in total. The van der Waals surface area contributed by atoms with E-state index in [9.17, 15) is 5.11 Å². The van der Waals surface area contributed by atoms with Crippen LogP contribution in [0, 0.1) is 25.2 Å². The maximum atomic E-state index is 9.77. The molecule has 0 aliphatic rings. The van der Waals surface area contributed by atoms with Crippen LogP contribution in [0.25, 0.3) is 0 Å². The van der Waals surface area contributed by atoms with Gasteiger partial charge in [-0.15, -0.1) is 0 Å². The summed E-state index contributed by atoms with van der Waals surface area (Å²) >= 11 is 0. The van der Waals surface area contributed by atoms with Gasteiger partial charge in [-0.1, -0.05) is 30.3 Å². The fourth-order valence-corrected chi connectivity index (χ4v) is 1.30. The summed E-state index contributed by atoms with van der Waals surface area (Å²) in [5, 5.41) is 18.4.